The lowest BCUT2D eigenvalue weighted by molar-refractivity contribution is 0.0815. The Labute approximate surface area is 204 Å². The van der Waals surface area contributed by atoms with E-state index in [1.54, 1.807) is 11.3 Å². The number of hydrogen-bond donors (Lipinski definition) is 1. The van der Waals surface area contributed by atoms with Crippen LogP contribution in [0, 0.1) is 0 Å². The minimum atomic E-state index is 0.0120. The first-order chi connectivity index (χ1) is 16.7. The summed E-state index contributed by atoms with van der Waals surface area (Å²) in [4.78, 5) is 20.7. The number of amides is 2. The van der Waals surface area contributed by atoms with Gasteiger partial charge in [-0.1, -0.05) is 49.7 Å². The highest BCUT2D eigenvalue weighted by atomic mass is 32.1. The van der Waals surface area contributed by atoms with E-state index in [2.05, 4.69) is 70.7 Å². The number of aromatic nitrogens is 2. The molecule has 2 amide bonds. The Kier molecular flexibility index (Phi) is 7.11. The van der Waals surface area contributed by atoms with Gasteiger partial charge in [0.1, 0.15) is 0 Å². The van der Waals surface area contributed by atoms with Crippen molar-refractivity contribution >= 4 is 33.1 Å². The van der Waals surface area contributed by atoms with E-state index in [-0.39, 0.29) is 12.1 Å². The maximum Gasteiger partial charge on any atom is 0.317 e. The first-order valence-corrected chi connectivity index (χ1v) is 13.2. The summed E-state index contributed by atoms with van der Waals surface area (Å²) in [5, 5.41) is 7.69. The molecule has 6 nitrogen and oxygen atoms in total. The molecule has 1 saturated heterocycles. The van der Waals surface area contributed by atoms with E-state index in [1.807, 2.05) is 4.90 Å². The summed E-state index contributed by atoms with van der Waals surface area (Å²) in [6.45, 7) is 4.96. The van der Waals surface area contributed by atoms with Gasteiger partial charge in [0.2, 0.25) is 0 Å². The predicted molar refractivity (Wildman–Crippen MR) is 139 cm³/mol. The van der Waals surface area contributed by atoms with Crippen molar-refractivity contribution in [3.63, 3.8) is 0 Å². The summed E-state index contributed by atoms with van der Waals surface area (Å²) in [5.41, 5.74) is 3.28. The van der Waals surface area contributed by atoms with Crippen LogP contribution in [-0.4, -0.2) is 52.7 Å². The molecule has 7 heteroatoms. The summed E-state index contributed by atoms with van der Waals surface area (Å²) in [5.74, 6) is 0. The van der Waals surface area contributed by atoms with Crippen molar-refractivity contribution in [1.82, 2.24) is 19.6 Å². The van der Waals surface area contributed by atoms with Gasteiger partial charge in [-0.15, -0.1) is 11.3 Å². The third kappa shape index (κ3) is 5.10. The van der Waals surface area contributed by atoms with Crippen molar-refractivity contribution in [2.75, 3.05) is 26.2 Å². The van der Waals surface area contributed by atoms with Crippen LogP contribution in [0.3, 0.4) is 0 Å². The van der Waals surface area contributed by atoms with E-state index in [0.717, 1.165) is 61.5 Å². The van der Waals surface area contributed by atoms with Gasteiger partial charge in [0.25, 0.3) is 0 Å². The number of carbonyl (C=O) groups is 1. The third-order valence-electron chi connectivity index (χ3n) is 6.51. The molecule has 4 aromatic rings. The molecule has 2 aromatic heterocycles. The van der Waals surface area contributed by atoms with Gasteiger partial charge in [0.05, 0.1) is 11.8 Å². The van der Waals surface area contributed by atoms with Crippen molar-refractivity contribution in [2.45, 2.75) is 45.1 Å². The Morgan fingerprint density at radius 1 is 1.26 bits per heavy atom. The summed E-state index contributed by atoms with van der Waals surface area (Å²) in [6.07, 6.45) is 7.22. The van der Waals surface area contributed by atoms with Crippen LogP contribution in [0.1, 0.15) is 38.3 Å². The molecule has 34 heavy (non-hydrogen) atoms. The summed E-state index contributed by atoms with van der Waals surface area (Å²) in [6, 6.07) is 14.9. The molecular formula is C27H32N4O2S. The lowest BCUT2D eigenvalue weighted by atomic mass is 10.1. The quantitative estimate of drug-likeness (QED) is 0.313. The molecule has 1 aliphatic heterocycles. The lowest BCUT2D eigenvalue weighted by Crippen LogP contribution is -2.45. The van der Waals surface area contributed by atoms with Crippen LogP contribution in [0.5, 0.6) is 0 Å². The summed E-state index contributed by atoms with van der Waals surface area (Å²) < 4.78 is 7.99. The predicted octanol–water partition coefficient (Wildman–Crippen LogP) is 5.75. The van der Waals surface area contributed by atoms with Crippen molar-refractivity contribution in [2.24, 2.45) is 0 Å². The van der Waals surface area contributed by atoms with Gasteiger partial charge in [-0.05, 0) is 36.1 Å². The number of ether oxygens (including phenoxy) is 1. The van der Waals surface area contributed by atoms with Crippen LogP contribution in [0.15, 0.2) is 54.0 Å². The number of rotatable bonds is 9. The van der Waals surface area contributed by atoms with E-state index < -0.39 is 0 Å². The molecule has 0 saturated carbocycles. The normalized spacial score (nSPS) is 15.9. The number of benzene rings is 2. The van der Waals surface area contributed by atoms with E-state index in [1.165, 1.54) is 16.5 Å². The van der Waals surface area contributed by atoms with Crippen molar-refractivity contribution in [3.05, 3.63) is 59.7 Å². The van der Waals surface area contributed by atoms with Crippen LogP contribution in [0.25, 0.3) is 27.0 Å². The molecule has 1 N–H and O–H groups in total. The Bertz CT molecular complexity index is 1260. The van der Waals surface area contributed by atoms with Gasteiger partial charge in [-0.3, -0.25) is 4.40 Å². The SMILES string of the molecule is CCCCNC(=O)N(CCc1csc2nc(-c3ccc4ccccc4c3)cn12)CC1CCCO1. The standard InChI is InChI=1S/C27H32N4O2S/c1-2-3-13-28-26(32)30(17-24-9-6-15-33-24)14-12-23-19-34-27-29-25(18-31(23)27)22-11-10-20-7-4-5-8-21(20)16-22/h4-5,7-8,10-11,16,18-19,24H,2-3,6,9,12-15,17H2,1H3,(H,28,32). The minimum Gasteiger partial charge on any atom is -0.376 e. The largest absolute Gasteiger partial charge is 0.376 e. The molecule has 0 aliphatic carbocycles. The molecule has 0 spiro atoms. The Hall–Kier alpha value is -2.90. The van der Waals surface area contributed by atoms with Gasteiger partial charge >= 0.3 is 6.03 Å². The first-order valence-electron chi connectivity index (χ1n) is 12.3. The monoisotopic (exact) mass is 476 g/mol. The number of thiazole rings is 1. The zero-order chi connectivity index (χ0) is 23.3. The maximum atomic E-state index is 12.9. The Balaban J connectivity index is 1.31. The van der Waals surface area contributed by atoms with Crippen LogP contribution in [-0.2, 0) is 11.2 Å². The average molecular weight is 477 g/mol. The number of nitrogens with zero attached hydrogens (tertiary/aromatic N) is 3. The molecule has 1 unspecified atom stereocenters. The first kappa shape index (κ1) is 22.9. The van der Waals surface area contributed by atoms with Gasteiger partial charge in [0, 0.05) is 55.5 Å². The topological polar surface area (TPSA) is 58.9 Å². The molecular weight excluding hydrogens is 444 g/mol. The second-order valence-electron chi connectivity index (χ2n) is 8.98. The zero-order valence-electron chi connectivity index (χ0n) is 19.7. The maximum absolute atomic E-state index is 12.9. The van der Waals surface area contributed by atoms with Crippen LogP contribution >= 0.6 is 11.3 Å². The van der Waals surface area contributed by atoms with E-state index in [0.29, 0.717) is 13.1 Å². The fourth-order valence-corrected chi connectivity index (χ4v) is 5.45. The molecule has 0 bridgehead atoms. The molecule has 0 radical (unpaired) electrons. The molecule has 1 aliphatic rings. The minimum absolute atomic E-state index is 0.0120. The highest BCUT2D eigenvalue weighted by Gasteiger charge is 2.23. The molecule has 3 heterocycles. The highest BCUT2D eigenvalue weighted by molar-refractivity contribution is 7.15. The highest BCUT2D eigenvalue weighted by Crippen LogP contribution is 2.27. The number of urea groups is 1. The summed E-state index contributed by atoms with van der Waals surface area (Å²) in [7, 11) is 0. The molecule has 5 rings (SSSR count). The van der Waals surface area contributed by atoms with E-state index in [4.69, 9.17) is 9.72 Å². The smallest absolute Gasteiger partial charge is 0.317 e. The van der Waals surface area contributed by atoms with Crippen molar-refractivity contribution in [1.29, 1.82) is 0 Å². The average Bonchev–Trinajstić information content (AvgIpc) is 3.60. The van der Waals surface area contributed by atoms with Gasteiger partial charge < -0.3 is 15.0 Å². The lowest BCUT2D eigenvalue weighted by Gasteiger charge is -2.25. The van der Waals surface area contributed by atoms with Crippen LogP contribution < -0.4 is 5.32 Å². The number of hydrogen-bond acceptors (Lipinski definition) is 4. The van der Waals surface area contributed by atoms with Crippen molar-refractivity contribution < 1.29 is 9.53 Å². The fourth-order valence-electron chi connectivity index (χ4n) is 4.54. The van der Waals surface area contributed by atoms with Gasteiger partial charge in [-0.2, -0.15) is 0 Å². The number of fused-ring (bicyclic) bond motifs is 2. The third-order valence-corrected chi connectivity index (χ3v) is 7.40. The number of unbranched alkanes of at least 4 members (excludes halogenated alkanes) is 1. The van der Waals surface area contributed by atoms with Crippen molar-refractivity contribution in [3.8, 4) is 11.3 Å². The second-order valence-corrected chi connectivity index (χ2v) is 9.82. The van der Waals surface area contributed by atoms with E-state index >= 15 is 0 Å². The van der Waals surface area contributed by atoms with Crippen LogP contribution in [0.2, 0.25) is 0 Å². The number of nitrogens with one attached hydrogen (secondary N) is 1. The second kappa shape index (κ2) is 10.6. The Morgan fingerprint density at radius 3 is 2.97 bits per heavy atom. The number of imidazole rings is 1. The van der Waals surface area contributed by atoms with Crippen LogP contribution in [0.4, 0.5) is 4.79 Å². The fraction of sp³-hybridized carbons (Fsp3) is 0.407. The molecule has 1 atom stereocenters. The zero-order valence-corrected chi connectivity index (χ0v) is 20.5. The molecule has 1 fully saturated rings. The van der Waals surface area contributed by atoms with Gasteiger partial charge in [-0.25, -0.2) is 9.78 Å². The Morgan fingerprint density at radius 2 is 2.15 bits per heavy atom. The summed E-state index contributed by atoms with van der Waals surface area (Å²) >= 11 is 1.65. The molecule has 178 valence electrons. The molecule has 2 aromatic carbocycles. The van der Waals surface area contributed by atoms with E-state index in [9.17, 15) is 4.79 Å². The van der Waals surface area contributed by atoms with Gasteiger partial charge in [0.15, 0.2) is 4.96 Å². The number of carbonyl (C=O) groups excluding carboxylic acids is 1.